The van der Waals surface area contributed by atoms with Crippen LogP contribution in [0.3, 0.4) is 0 Å². The highest BCUT2D eigenvalue weighted by atomic mass is 32.2. The van der Waals surface area contributed by atoms with E-state index in [1.54, 1.807) is 6.07 Å². The molecule has 0 radical (unpaired) electrons. The van der Waals surface area contributed by atoms with Gasteiger partial charge in [-0.3, -0.25) is 14.1 Å². The predicted molar refractivity (Wildman–Crippen MR) is 174 cm³/mol. The molecule has 7 rings (SSSR count). The number of anilines is 1. The monoisotopic (exact) mass is 672 g/mol. The van der Waals surface area contributed by atoms with Crippen LogP contribution in [0.2, 0.25) is 0 Å². The van der Waals surface area contributed by atoms with Crippen LogP contribution in [0.1, 0.15) is 63.8 Å². The van der Waals surface area contributed by atoms with Gasteiger partial charge in [0.05, 0.1) is 17.5 Å². The van der Waals surface area contributed by atoms with Crippen LogP contribution in [0.5, 0.6) is 0 Å². The van der Waals surface area contributed by atoms with E-state index in [0.29, 0.717) is 47.9 Å². The van der Waals surface area contributed by atoms with E-state index in [2.05, 4.69) is 59.9 Å². The molecule has 3 aliphatic rings. The molecule has 0 saturated carbocycles. The number of oxazole rings is 1. The van der Waals surface area contributed by atoms with Gasteiger partial charge in [-0.2, -0.15) is 17.6 Å². The number of aryl methyl sites for hydroxylation is 1. The zero-order chi connectivity index (χ0) is 33.8. The molecule has 2 aromatic carbocycles. The maximum Gasteiger partial charge on any atom is 0.374 e. The van der Waals surface area contributed by atoms with Crippen LogP contribution in [0.15, 0.2) is 75.8 Å². The van der Waals surface area contributed by atoms with Gasteiger partial charge in [-0.15, -0.1) is 5.06 Å². The SMILES string of the molecule is CC1(C)/C(=C/C=C/c2oc3cc(S(=O)(=O)O)ccc3[n+]2CCCCCC(=O)ON2C(=O)CCC2=O)N2CC[n+]3cccc4ccc1c2c43. The number of imide groups is 1. The zero-order valence-corrected chi connectivity index (χ0v) is 27.5. The first-order chi connectivity index (χ1) is 22.9. The standard InChI is InChI=1S/C35H35N4O8S/c1-35(2)25-14-12-23-8-7-18-36-20-21-38(34(25)33(23)36)28(35)9-6-10-31-37(26-15-13-24(48(43,44)45)22-27(26)46-31)19-5-3-4-11-32(42)47-39-29(40)16-17-30(39)41/h6-10,12-15,18,22H,3-5,11,16-17,19-21H2,1-2H3/q+1/p+1. The van der Waals surface area contributed by atoms with Crippen molar-refractivity contribution in [2.45, 2.75) is 75.8 Å². The van der Waals surface area contributed by atoms with Crippen molar-refractivity contribution in [1.29, 1.82) is 0 Å². The van der Waals surface area contributed by atoms with Crippen LogP contribution >= 0.6 is 0 Å². The number of carbonyl (C=O) groups is 3. The van der Waals surface area contributed by atoms with E-state index in [-0.39, 0.29) is 29.6 Å². The van der Waals surface area contributed by atoms with E-state index < -0.39 is 27.9 Å². The third kappa shape index (κ3) is 5.56. The summed E-state index contributed by atoms with van der Waals surface area (Å²) in [5, 5.41) is 1.76. The van der Waals surface area contributed by atoms with Crippen LogP contribution in [0.25, 0.3) is 28.1 Å². The molecule has 248 valence electrons. The van der Waals surface area contributed by atoms with Crippen molar-refractivity contribution in [1.82, 2.24) is 5.06 Å². The number of pyridine rings is 1. The van der Waals surface area contributed by atoms with Crippen molar-refractivity contribution in [3.8, 4) is 0 Å². The summed E-state index contributed by atoms with van der Waals surface area (Å²) in [5.41, 5.74) is 5.63. The fourth-order valence-electron chi connectivity index (χ4n) is 7.00. The summed E-state index contributed by atoms with van der Waals surface area (Å²) in [6.45, 7) is 6.67. The second-order valence-corrected chi connectivity index (χ2v) is 14.3. The van der Waals surface area contributed by atoms with Gasteiger partial charge >= 0.3 is 11.9 Å². The Bertz CT molecular complexity index is 2170. The maximum atomic E-state index is 12.2. The topological polar surface area (TPSA) is 142 Å². The molecule has 4 aromatic rings. The number of allylic oxidation sites excluding steroid dienone is 3. The summed E-state index contributed by atoms with van der Waals surface area (Å²) in [6, 6.07) is 12.9. The minimum Gasteiger partial charge on any atom is -0.398 e. The van der Waals surface area contributed by atoms with Crippen molar-refractivity contribution in [2.24, 2.45) is 0 Å². The molecule has 2 aromatic heterocycles. The molecule has 3 aliphatic heterocycles. The van der Waals surface area contributed by atoms with E-state index >= 15 is 0 Å². The quantitative estimate of drug-likeness (QED) is 0.113. The average molecular weight is 673 g/mol. The molecule has 0 aliphatic carbocycles. The summed E-state index contributed by atoms with van der Waals surface area (Å²) in [4.78, 5) is 42.7. The normalized spacial score (nSPS) is 17.9. The van der Waals surface area contributed by atoms with Gasteiger partial charge in [-0.05, 0) is 42.7 Å². The summed E-state index contributed by atoms with van der Waals surface area (Å²) in [5.74, 6) is -1.16. The molecule has 0 spiro atoms. The number of hydrogen-bond donors (Lipinski definition) is 1. The van der Waals surface area contributed by atoms with Crippen LogP contribution in [-0.2, 0) is 47.8 Å². The third-order valence-electron chi connectivity index (χ3n) is 9.41. The summed E-state index contributed by atoms with van der Waals surface area (Å²) in [6.07, 6.45) is 9.95. The smallest absolute Gasteiger partial charge is 0.374 e. The zero-order valence-electron chi connectivity index (χ0n) is 26.7. The van der Waals surface area contributed by atoms with Gasteiger partial charge in [0.25, 0.3) is 27.4 Å². The minimum absolute atomic E-state index is 0.0441. The maximum absolute atomic E-state index is 12.2. The second-order valence-electron chi connectivity index (χ2n) is 12.8. The molecule has 0 unspecified atom stereocenters. The number of carbonyl (C=O) groups excluding carboxylic acids is 3. The van der Waals surface area contributed by atoms with Crippen molar-refractivity contribution in [3.63, 3.8) is 0 Å². The Labute approximate surface area is 277 Å². The average Bonchev–Trinajstić information content (AvgIpc) is 3.64. The van der Waals surface area contributed by atoms with E-state index in [1.165, 1.54) is 34.3 Å². The lowest BCUT2D eigenvalue weighted by molar-refractivity contribution is -0.678. The first-order valence-electron chi connectivity index (χ1n) is 16.1. The Morgan fingerprint density at radius 3 is 2.65 bits per heavy atom. The molecule has 48 heavy (non-hydrogen) atoms. The van der Waals surface area contributed by atoms with Crippen LogP contribution in [0, 0.1) is 0 Å². The molecule has 1 fully saturated rings. The van der Waals surface area contributed by atoms with Crippen molar-refractivity contribution in [2.75, 3.05) is 11.4 Å². The highest BCUT2D eigenvalue weighted by Crippen LogP contribution is 2.50. The molecule has 0 atom stereocenters. The van der Waals surface area contributed by atoms with Crippen LogP contribution in [0.4, 0.5) is 5.69 Å². The second kappa shape index (κ2) is 12.0. The number of benzene rings is 2. The Morgan fingerprint density at radius 1 is 1.08 bits per heavy atom. The van der Waals surface area contributed by atoms with Gasteiger partial charge in [-0.1, -0.05) is 26.0 Å². The lowest BCUT2D eigenvalue weighted by atomic mass is 9.83. The lowest BCUT2D eigenvalue weighted by Crippen LogP contribution is -2.45. The Morgan fingerprint density at radius 2 is 1.88 bits per heavy atom. The number of nitrogens with zero attached hydrogens (tertiary/aromatic N) is 4. The van der Waals surface area contributed by atoms with Gasteiger partial charge in [-0.25, -0.2) is 4.79 Å². The molecule has 13 heteroatoms. The van der Waals surface area contributed by atoms with Crippen molar-refractivity contribution < 1.29 is 45.7 Å². The third-order valence-corrected chi connectivity index (χ3v) is 10.3. The first kappa shape index (κ1) is 31.7. The lowest BCUT2D eigenvalue weighted by Gasteiger charge is -2.27. The van der Waals surface area contributed by atoms with Gasteiger partial charge in [0, 0.05) is 60.4 Å². The van der Waals surface area contributed by atoms with Gasteiger partial charge in [0.1, 0.15) is 5.69 Å². The van der Waals surface area contributed by atoms with E-state index in [9.17, 15) is 27.4 Å². The van der Waals surface area contributed by atoms with E-state index in [1.807, 2.05) is 16.7 Å². The number of hydrogen-bond acceptors (Lipinski definition) is 8. The molecular formula is C35H36N4O8S+2. The molecular weight excluding hydrogens is 636 g/mol. The fourth-order valence-corrected chi connectivity index (χ4v) is 7.49. The predicted octanol–water partition coefficient (Wildman–Crippen LogP) is 4.28. The highest BCUT2D eigenvalue weighted by molar-refractivity contribution is 7.85. The Hall–Kier alpha value is -4.88. The van der Waals surface area contributed by atoms with E-state index in [4.69, 9.17) is 9.25 Å². The number of hydroxylamine groups is 2. The number of rotatable bonds is 10. The van der Waals surface area contributed by atoms with Gasteiger partial charge in [0.15, 0.2) is 19.3 Å². The molecule has 1 saturated heterocycles. The summed E-state index contributed by atoms with van der Waals surface area (Å²) in [7, 11) is -4.43. The molecule has 2 amide bonds. The van der Waals surface area contributed by atoms with Crippen molar-refractivity contribution in [3.05, 3.63) is 78.0 Å². The fraction of sp³-hybridized carbons (Fsp3) is 0.343. The van der Waals surface area contributed by atoms with Gasteiger partial charge in [0.2, 0.25) is 11.1 Å². The van der Waals surface area contributed by atoms with Gasteiger partial charge < -0.3 is 14.2 Å². The number of amides is 2. The molecule has 0 bridgehead atoms. The minimum atomic E-state index is -4.43. The number of fused-ring (bicyclic) bond motifs is 1. The molecule has 12 nitrogen and oxygen atoms in total. The first-order valence-corrected chi connectivity index (χ1v) is 17.5. The number of unbranched alkanes of at least 4 members (excludes halogenated alkanes) is 2. The van der Waals surface area contributed by atoms with E-state index in [0.717, 1.165) is 18.8 Å². The molecule has 5 heterocycles. The summed E-state index contributed by atoms with van der Waals surface area (Å²) >= 11 is 0. The highest BCUT2D eigenvalue weighted by Gasteiger charge is 2.45. The summed E-state index contributed by atoms with van der Waals surface area (Å²) < 4.78 is 43.7. The van der Waals surface area contributed by atoms with Crippen molar-refractivity contribution >= 4 is 61.7 Å². The Balaban J connectivity index is 1.11. The van der Waals surface area contributed by atoms with Crippen LogP contribution in [-0.4, -0.2) is 42.4 Å². The van der Waals surface area contributed by atoms with Crippen LogP contribution < -0.4 is 14.0 Å². The molecule has 1 N–H and O–H groups in total. The largest absolute Gasteiger partial charge is 0.398 e. The number of aromatic nitrogens is 2. The Kier molecular flexibility index (Phi) is 7.91.